The first-order chi connectivity index (χ1) is 27.5. The fourth-order valence-corrected chi connectivity index (χ4v) is 9.22. The van der Waals surface area contributed by atoms with Crippen LogP contribution in [0.25, 0.3) is 49.9 Å². The number of hydrogen-bond donors (Lipinski definition) is 0. The lowest BCUT2D eigenvalue weighted by Crippen LogP contribution is -2.01. The van der Waals surface area contributed by atoms with Crippen LogP contribution in [0, 0.1) is 27.7 Å². The van der Waals surface area contributed by atoms with E-state index < -0.39 is 0 Å². The molecule has 3 heteroatoms. The van der Waals surface area contributed by atoms with Crippen LogP contribution in [0.3, 0.4) is 0 Å². The summed E-state index contributed by atoms with van der Waals surface area (Å²) in [6.45, 7) is 22.7. The molecule has 0 radical (unpaired) electrons. The van der Waals surface area contributed by atoms with Gasteiger partial charge in [-0.05, 0) is 128 Å². The number of furan rings is 1. The molecule has 0 fully saturated rings. The molecular formula is C54H51NOS. The van der Waals surface area contributed by atoms with E-state index in [1.807, 2.05) is 62.9 Å². The van der Waals surface area contributed by atoms with Crippen LogP contribution in [0.2, 0.25) is 0 Å². The minimum absolute atomic E-state index is 0.560. The van der Waals surface area contributed by atoms with Crippen molar-refractivity contribution >= 4 is 45.1 Å². The van der Waals surface area contributed by atoms with E-state index in [-0.39, 0.29) is 0 Å². The molecule has 0 N–H and O–H groups in total. The minimum Gasteiger partial charge on any atom is -0.456 e. The molecule has 0 saturated carbocycles. The second kappa shape index (κ2) is 17.1. The zero-order valence-corrected chi connectivity index (χ0v) is 35.1. The largest absolute Gasteiger partial charge is 0.456 e. The summed E-state index contributed by atoms with van der Waals surface area (Å²) in [7, 11) is 0. The molecule has 6 aromatic carbocycles. The van der Waals surface area contributed by atoms with Crippen molar-refractivity contribution in [1.29, 1.82) is 0 Å². The van der Waals surface area contributed by atoms with Crippen LogP contribution in [0.15, 0.2) is 177 Å². The van der Waals surface area contributed by atoms with Gasteiger partial charge in [-0.3, -0.25) is 4.99 Å². The molecule has 2 aliphatic rings. The molecule has 1 aliphatic heterocycles. The fourth-order valence-electron chi connectivity index (χ4n) is 7.98. The maximum atomic E-state index is 6.06. The van der Waals surface area contributed by atoms with Crippen molar-refractivity contribution in [2.75, 3.05) is 0 Å². The molecule has 7 aromatic rings. The van der Waals surface area contributed by atoms with Gasteiger partial charge in [-0.1, -0.05) is 145 Å². The summed E-state index contributed by atoms with van der Waals surface area (Å²) >= 11 is 1.95. The lowest BCUT2D eigenvalue weighted by molar-refractivity contribution is 0.669. The zero-order chi connectivity index (χ0) is 40.2. The highest BCUT2D eigenvalue weighted by Gasteiger charge is 2.32. The Bertz CT molecular complexity index is 2750. The molecule has 284 valence electrons. The highest BCUT2D eigenvalue weighted by molar-refractivity contribution is 8.03. The van der Waals surface area contributed by atoms with Crippen LogP contribution in [0.5, 0.6) is 0 Å². The van der Waals surface area contributed by atoms with Gasteiger partial charge in [0.25, 0.3) is 0 Å². The summed E-state index contributed by atoms with van der Waals surface area (Å²) in [6, 6.07) is 42.4. The molecule has 1 aromatic heterocycles. The number of thioether (sulfide) groups is 1. The Kier molecular flexibility index (Phi) is 11.8. The Morgan fingerprint density at radius 3 is 1.93 bits per heavy atom. The quantitative estimate of drug-likeness (QED) is 0.129. The van der Waals surface area contributed by atoms with E-state index in [1.165, 1.54) is 59.9 Å². The third-order valence-corrected chi connectivity index (χ3v) is 11.8. The van der Waals surface area contributed by atoms with Gasteiger partial charge in [-0.15, -0.1) is 6.58 Å². The standard InChI is InChI=1S/C30H25NO.C20H18S.C4H8/c1-19-11-5-6-13-23(19)29-20(2)12-9-15-24(29)21(3)31-22(4)25-16-10-18-28-30(25)26-14-7-8-17-27(26)32-28;1-13-7-3-4-8-15(13)19-14(2)11-12-18-20(19)16-9-5-6-10-17(16)21-18;1-4(2)3/h5-18H,3H2,1-2,4H3;3-8,10-12,16H,9H2,1-2H3;1H2,2-3H3. The molecule has 2 nitrogen and oxygen atoms in total. The van der Waals surface area contributed by atoms with Gasteiger partial charge < -0.3 is 4.42 Å². The van der Waals surface area contributed by atoms with Crippen LogP contribution < -0.4 is 0 Å². The molecule has 0 amide bonds. The highest BCUT2D eigenvalue weighted by atomic mass is 32.2. The molecule has 1 atom stereocenters. The summed E-state index contributed by atoms with van der Waals surface area (Å²) in [6.07, 6.45) is 7.92. The third kappa shape index (κ3) is 8.17. The first-order valence-electron chi connectivity index (χ1n) is 19.7. The monoisotopic (exact) mass is 761 g/mol. The van der Waals surface area contributed by atoms with Gasteiger partial charge in [0.15, 0.2) is 0 Å². The molecule has 1 aliphatic carbocycles. The average molecular weight is 762 g/mol. The van der Waals surface area contributed by atoms with Crippen LogP contribution in [0.4, 0.5) is 0 Å². The van der Waals surface area contributed by atoms with Crippen molar-refractivity contribution in [3.63, 3.8) is 0 Å². The number of benzene rings is 6. The number of rotatable bonds is 5. The Hall–Kier alpha value is -5.90. The number of para-hydroxylation sites is 1. The van der Waals surface area contributed by atoms with E-state index in [0.717, 1.165) is 50.9 Å². The molecular weight excluding hydrogens is 711 g/mol. The maximum Gasteiger partial charge on any atom is 0.136 e. The molecule has 0 bridgehead atoms. The minimum atomic E-state index is 0.560. The SMILES string of the molecule is C=C(C)C.C=C(N=C(C)c1cccc2oc3ccccc3c12)c1cccc(C)c1-c1ccccc1C.Cc1ccccc1-c1c(C)ccc2c1C1CC=CC=C1S2. The predicted octanol–water partition coefficient (Wildman–Crippen LogP) is 15.9. The average Bonchev–Trinajstić information content (AvgIpc) is 3.77. The topological polar surface area (TPSA) is 25.5 Å². The smallest absolute Gasteiger partial charge is 0.136 e. The number of fused-ring (bicyclic) bond motifs is 6. The fraction of sp³-hybridized carbons (Fsp3) is 0.167. The second-order valence-corrected chi connectivity index (χ2v) is 16.4. The number of aryl methyl sites for hydroxylation is 4. The van der Waals surface area contributed by atoms with Crippen LogP contribution >= 0.6 is 11.8 Å². The van der Waals surface area contributed by atoms with Crippen molar-refractivity contribution in [3.8, 4) is 22.3 Å². The molecule has 0 saturated heterocycles. The van der Waals surface area contributed by atoms with Gasteiger partial charge in [0.05, 0.1) is 5.70 Å². The Morgan fingerprint density at radius 2 is 1.21 bits per heavy atom. The van der Waals surface area contributed by atoms with Crippen molar-refractivity contribution in [1.82, 2.24) is 0 Å². The van der Waals surface area contributed by atoms with Crippen LogP contribution in [0.1, 0.15) is 72.1 Å². The van der Waals surface area contributed by atoms with Crippen LogP contribution in [-0.2, 0) is 0 Å². The lowest BCUT2D eigenvalue weighted by atomic mass is 9.83. The van der Waals surface area contributed by atoms with Gasteiger partial charge in [0.1, 0.15) is 11.2 Å². The molecule has 0 spiro atoms. The number of nitrogens with zero attached hydrogens (tertiary/aromatic N) is 1. The second-order valence-electron chi connectivity index (χ2n) is 15.3. The maximum absolute atomic E-state index is 6.06. The van der Waals surface area contributed by atoms with Crippen molar-refractivity contribution < 1.29 is 4.42 Å². The van der Waals surface area contributed by atoms with E-state index in [4.69, 9.17) is 9.41 Å². The van der Waals surface area contributed by atoms with Crippen molar-refractivity contribution in [2.45, 2.75) is 65.7 Å². The summed E-state index contributed by atoms with van der Waals surface area (Å²) in [5.41, 5.74) is 18.8. The van der Waals surface area contributed by atoms with Gasteiger partial charge in [-0.25, -0.2) is 0 Å². The van der Waals surface area contributed by atoms with Gasteiger partial charge in [0.2, 0.25) is 0 Å². The number of allylic oxidation sites excluding steroid dienone is 5. The molecule has 9 rings (SSSR count). The van der Waals surface area contributed by atoms with E-state index in [9.17, 15) is 0 Å². The van der Waals surface area contributed by atoms with E-state index in [0.29, 0.717) is 5.92 Å². The molecule has 2 heterocycles. The van der Waals surface area contributed by atoms with Crippen LogP contribution in [-0.4, -0.2) is 5.71 Å². The first kappa shape index (κ1) is 39.3. The normalized spacial score (nSPS) is 14.2. The van der Waals surface area contributed by atoms with Gasteiger partial charge >= 0.3 is 0 Å². The first-order valence-corrected chi connectivity index (χ1v) is 20.5. The predicted molar refractivity (Wildman–Crippen MR) is 249 cm³/mol. The summed E-state index contributed by atoms with van der Waals surface area (Å²) in [5, 5.41) is 2.20. The van der Waals surface area contributed by atoms with E-state index in [1.54, 1.807) is 5.56 Å². The zero-order valence-electron chi connectivity index (χ0n) is 34.2. The lowest BCUT2D eigenvalue weighted by Gasteiger charge is -2.19. The van der Waals surface area contributed by atoms with E-state index in [2.05, 4.69) is 150 Å². The summed E-state index contributed by atoms with van der Waals surface area (Å²) in [5.74, 6) is 0.560. The Balaban J connectivity index is 0.000000170. The van der Waals surface area contributed by atoms with E-state index >= 15 is 0 Å². The highest BCUT2D eigenvalue weighted by Crippen LogP contribution is 2.55. The summed E-state index contributed by atoms with van der Waals surface area (Å²) < 4.78 is 6.06. The number of aliphatic imine (C=N–C) groups is 1. The molecule has 57 heavy (non-hydrogen) atoms. The third-order valence-electron chi connectivity index (χ3n) is 10.6. The summed E-state index contributed by atoms with van der Waals surface area (Å²) in [4.78, 5) is 7.94. The van der Waals surface area contributed by atoms with Crippen molar-refractivity contribution in [2.24, 2.45) is 4.99 Å². The Morgan fingerprint density at radius 1 is 0.632 bits per heavy atom. The van der Waals surface area contributed by atoms with Crippen molar-refractivity contribution in [3.05, 3.63) is 202 Å². The Labute approximate surface area is 343 Å². The molecule has 1 unspecified atom stereocenters. The number of hydrogen-bond acceptors (Lipinski definition) is 3. The van der Waals surface area contributed by atoms with Gasteiger partial charge in [0, 0.05) is 38.4 Å². The van der Waals surface area contributed by atoms with Gasteiger partial charge in [-0.2, -0.15) is 0 Å².